The van der Waals surface area contributed by atoms with Crippen molar-refractivity contribution in [1.29, 1.82) is 0 Å². The highest BCUT2D eigenvalue weighted by Crippen LogP contribution is 2.51. The van der Waals surface area contributed by atoms with Crippen LogP contribution in [0.1, 0.15) is 44.5 Å². The number of carbonyl (C=O) groups excluding carboxylic acids is 1. The first-order valence-electron chi connectivity index (χ1n) is 19.6. The van der Waals surface area contributed by atoms with Crippen LogP contribution in [-0.4, -0.2) is 5.78 Å². The maximum atomic E-state index is 15.3. The Labute approximate surface area is 344 Å². The maximum absolute atomic E-state index is 15.3. The van der Waals surface area contributed by atoms with E-state index in [9.17, 15) is 0 Å². The number of fused-ring (bicyclic) bond motifs is 2. The van der Waals surface area contributed by atoms with Gasteiger partial charge in [0.05, 0.1) is 0 Å². The molecule has 0 radical (unpaired) electrons. The van der Waals surface area contributed by atoms with Gasteiger partial charge in [-0.05, 0) is 123 Å². The van der Waals surface area contributed by atoms with E-state index in [1.54, 1.807) is 0 Å². The highest BCUT2D eigenvalue weighted by Gasteiger charge is 2.36. The molecule has 3 heterocycles. The fraction of sp³-hybridized carbons (Fsp3) is 0. The molecule has 59 heavy (non-hydrogen) atoms. The Hall–Kier alpha value is -8.17. The summed E-state index contributed by atoms with van der Waals surface area (Å²) in [6.45, 7) is 0. The molecule has 2 heteroatoms. The lowest BCUT2D eigenvalue weighted by Gasteiger charge is -2.16. The molecule has 0 amide bonds. The number of carbonyl (C=O) groups is 1. The average Bonchev–Trinajstić information content (AvgIpc) is 3.61. The fourth-order valence-electron chi connectivity index (χ4n) is 7.84. The summed E-state index contributed by atoms with van der Waals surface area (Å²) >= 11 is 0. The number of Topliss-reactive ketones (excluding diaryl/α,β-unsaturated/α-hetero) is 1. The summed E-state index contributed by atoms with van der Waals surface area (Å²) < 4.78 is 6.37. The minimum Gasteiger partial charge on any atom is -0.457 e. The number of benzene rings is 8. The zero-order chi connectivity index (χ0) is 39.5. The number of ether oxygens (including phenoxy) is 1. The van der Waals surface area contributed by atoms with Gasteiger partial charge in [-0.2, -0.15) is 0 Å². The maximum Gasteiger partial charge on any atom is 0.195 e. The Bertz CT molecular complexity index is 3060. The summed E-state index contributed by atoms with van der Waals surface area (Å²) in [5.41, 5.74) is 14.6. The van der Waals surface area contributed by atoms with Gasteiger partial charge in [0.1, 0.15) is 11.5 Å². The second kappa shape index (κ2) is 15.4. The van der Waals surface area contributed by atoms with E-state index in [2.05, 4.69) is 103 Å². The monoisotopic (exact) mass is 750 g/mol. The number of hydrogen-bond donors (Lipinski definition) is 0. The molecule has 1 aliphatic carbocycles. The van der Waals surface area contributed by atoms with Gasteiger partial charge in [-0.15, -0.1) is 0 Å². The topological polar surface area (TPSA) is 26.3 Å². The summed E-state index contributed by atoms with van der Waals surface area (Å²) in [5, 5.41) is 0. The van der Waals surface area contributed by atoms with Crippen LogP contribution in [0, 0.1) is 23.7 Å². The van der Waals surface area contributed by atoms with Gasteiger partial charge in [0.15, 0.2) is 5.78 Å². The summed E-state index contributed by atoms with van der Waals surface area (Å²) in [6, 6.07) is 69.3. The van der Waals surface area contributed by atoms with E-state index in [4.69, 9.17) is 4.74 Å². The lowest BCUT2D eigenvalue weighted by Crippen LogP contribution is -2.02. The van der Waals surface area contributed by atoms with Crippen molar-refractivity contribution in [2.75, 3.05) is 0 Å². The van der Waals surface area contributed by atoms with Crippen LogP contribution in [-0.2, 0) is 4.79 Å². The SMILES string of the molecule is O=C1C(c2ccccc2)=C2C(c3ccc(C#Cc4ccccc4)cc3)=C1c1ccc(-c3ccc(C#Cc4ccccc4)cc3)c(c1)-c1ccc(cc1)Oc1ccc2cc1. The molecule has 4 aliphatic rings. The first-order valence-corrected chi connectivity index (χ1v) is 19.6. The van der Waals surface area contributed by atoms with Gasteiger partial charge in [-0.3, -0.25) is 4.79 Å². The standard InChI is InChI=1S/C57H34O2/c58-57-55(45-14-8-3-9-15-45)53-47-30-35-50(36-31-47)59-49-33-28-44(29-34-49)52-38-48(32-37-51(52)43-24-20-41(21-25-43)18-16-39-10-4-1-5-11-39)56(57)54(53)46-26-22-42(23-27-46)19-17-40-12-6-2-7-13-40/h1-15,20-38H. The minimum atomic E-state index is -0.0167. The molecule has 8 aromatic rings. The van der Waals surface area contributed by atoms with Crippen molar-refractivity contribution in [2.24, 2.45) is 0 Å². The Morgan fingerprint density at radius 3 is 1.15 bits per heavy atom. The molecular formula is C57H34O2. The van der Waals surface area contributed by atoms with Gasteiger partial charge in [-0.1, -0.05) is 151 Å². The molecule has 0 aromatic heterocycles. The van der Waals surface area contributed by atoms with Gasteiger partial charge >= 0.3 is 0 Å². The third-order valence-corrected chi connectivity index (χ3v) is 10.7. The number of allylic oxidation sites excluding steroid dienone is 4. The molecule has 8 aromatic carbocycles. The molecule has 0 N–H and O–H groups in total. The summed E-state index contributed by atoms with van der Waals surface area (Å²) in [4.78, 5) is 15.3. The first-order chi connectivity index (χ1) is 29.1. The highest BCUT2D eigenvalue weighted by atomic mass is 16.5. The predicted octanol–water partition coefficient (Wildman–Crippen LogP) is 13.0. The average molecular weight is 751 g/mol. The smallest absolute Gasteiger partial charge is 0.195 e. The Kier molecular flexibility index (Phi) is 9.20. The number of hydrogen-bond acceptors (Lipinski definition) is 2. The van der Waals surface area contributed by atoms with E-state index in [1.165, 1.54) is 0 Å². The number of rotatable bonds is 3. The first kappa shape index (κ1) is 35.3. The van der Waals surface area contributed by atoms with Crippen LogP contribution in [0.3, 0.4) is 0 Å². The van der Waals surface area contributed by atoms with Gasteiger partial charge in [0.2, 0.25) is 0 Å². The molecule has 2 nitrogen and oxygen atoms in total. The van der Waals surface area contributed by atoms with E-state index >= 15 is 4.79 Å². The van der Waals surface area contributed by atoms with Gasteiger partial charge in [0.25, 0.3) is 0 Å². The van der Waals surface area contributed by atoms with Crippen molar-refractivity contribution < 1.29 is 9.53 Å². The lowest BCUT2D eigenvalue weighted by atomic mass is 9.87. The molecular weight excluding hydrogens is 717 g/mol. The molecule has 8 bridgehead atoms. The molecule has 3 aliphatic heterocycles. The van der Waals surface area contributed by atoms with Crippen LogP contribution in [0.15, 0.2) is 206 Å². The fourth-order valence-corrected chi connectivity index (χ4v) is 7.84. The third kappa shape index (κ3) is 7.09. The third-order valence-electron chi connectivity index (χ3n) is 10.7. The Morgan fingerprint density at radius 1 is 0.288 bits per heavy atom. The highest BCUT2D eigenvalue weighted by molar-refractivity contribution is 6.59. The lowest BCUT2D eigenvalue weighted by molar-refractivity contribution is -0.108. The number of ketones is 1. The largest absolute Gasteiger partial charge is 0.457 e. The van der Waals surface area contributed by atoms with Crippen molar-refractivity contribution in [3.05, 3.63) is 251 Å². The van der Waals surface area contributed by atoms with Gasteiger partial charge < -0.3 is 4.74 Å². The van der Waals surface area contributed by atoms with Crippen molar-refractivity contribution >= 4 is 28.1 Å². The molecule has 0 fully saturated rings. The van der Waals surface area contributed by atoms with Gasteiger partial charge in [0, 0.05) is 44.5 Å². The minimum absolute atomic E-state index is 0.0167. The van der Waals surface area contributed by atoms with Crippen LogP contribution in [0.25, 0.3) is 44.5 Å². The molecule has 0 unspecified atom stereocenters. The summed E-state index contributed by atoms with van der Waals surface area (Å²) in [7, 11) is 0. The normalized spacial score (nSPS) is 12.5. The summed E-state index contributed by atoms with van der Waals surface area (Å²) in [5.74, 6) is 14.6. The van der Waals surface area contributed by atoms with Gasteiger partial charge in [-0.25, -0.2) is 0 Å². The van der Waals surface area contributed by atoms with Crippen molar-refractivity contribution in [1.82, 2.24) is 0 Å². The van der Waals surface area contributed by atoms with E-state index in [0.29, 0.717) is 16.9 Å². The summed E-state index contributed by atoms with van der Waals surface area (Å²) in [6.07, 6.45) is 0. The zero-order valence-electron chi connectivity index (χ0n) is 31.9. The second-order valence-corrected chi connectivity index (χ2v) is 14.5. The van der Waals surface area contributed by atoms with E-state index in [0.717, 1.165) is 83.7 Å². The predicted molar refractivity (Wildman–Crippen MR) is 240 cm³/mol. The van der Waals surface area contributed by atoms with Crippen LogP contribution >= 0.6 is 0 Å². The molecule has 0 saturated heterocycles. The molecule has 12 rings (SSSR count). The van der Waals surface area contributed by atoms with E-state index < -0.39 is 0 Å². The second-order valence-electron chi connectivity index (χ2n) is 14.5. The van der Waals surface area contributed by atoms with Crippen LogP contribution in [0.2, 0.25) is 0 Å². The Balaban J connectivity index is 1.17. The molecule has 0 saturated carbocycles. The molecule has 0 atom stereocenters. The van der Waals surface area contributed by atoms with Crippen molar-refractivity contribution in [2.45, 2.75) is 0 Å². The van der Waals surface area contributed by atoms with E-state index in [-0.39, 0.29) is 5.78 Å². The Morgan fingerprint density at radius 2 is 0.644 bits per heavy atom. The van der Waals surface area contributed by atoms with Crippen molar-refractivity contribution in [3.8, 4) is 57.4 Å². The van der Waals surface area contributed by atoms with Crippen LogP contribution in [0.5, 0.6) is 11.5 Å². The van der Waals surface area contributed by atoms with E-state index in [1.807, 2.05) is 127 Å². The quantitative estimate of drug-likeness (QED) is 0.168. The van der Waals surface area contributed by atoms with Crippen molar-refractivity contribution in [3.63, 3.8) is 0 Å². The zero-order valence-corrected chi connectivity index (χ0v) is 31.9. The molecule has 274 valence electrons. The van der Waals surface area contributed by atoms with Crippen LogP contribution < -0.4 is 4.74 Å². The van der Waals surface area contributed by atoms with Crippen LogP contribution in [0.4, 0.5) is 0 Å². The molecule has 0 spiro atoms.